The van der Waals surface area contributed by atoms with Gasteiger partial charge in [0.15, 0.2) is 0 Å². The van der Waals surface area contributed by atoms with Crippen LogP contribution in [-0.2, 0) is 0 Å². The van der Waals surface area contributed by atoms with Crippen molar-refractivity contribution >= 4 is 11.4 Å². The third-order valence-electron chi connectivity index (χ3n) is 4.88. The topological polar surface area (TPSA) is 24.1 Å². The Balaban J connectivity index is 1.71. The summed E-state index contributed by atoms with van der Waals surface area (Å²) >= 11 is 0. The van der Waals surface area contributed by atoms with E-state index in [9.17, 15) is 0 Å². The highest BCUT2D eigenvalue weighted by Crippen LogP contribution is 2.15. The standard InChI is InChI=1S/C24H36N2/c1-2-3-4-5-6-7-8-11-20-24(26-23-18-14-10-15-19-23)21-25-22-16-12-9-13-17-22/h9-10,12-19,24-26H,2-8,11,20-21H2,1H3. The second-order valence-electron chi connectivity index (χ2n) is 7.22. The molecule has 0 bridgehead atoms. The second-order valence-corrected chi connectivity index (χ2v) is 7.22. The minimum Gasteiger partial charge on any atom is -0.383 e. The van der Waals surface area contributed by atoms with Gasteiger partial charge in [-0.25, -0.2) is 0 Å². The molecular formula is C24H36N2. The molecule has 0 radical (unpaired) electrons. The Morgan fingerprint density at radius 3 is 1.81 bits per heavy atom. The van der Waals surface area contributed by atoms with Crippen LogP contribution in [0, 0.1) is 0 Å². The molecule has 0 saturated heterocycles. The second kappa shape index (κ2) is 13.3. The van der Waals surface area contributed by atoms with Crippen LogP contribution in [0.5, 0.6) is 0 Å². The predicted molar refractivity (Wildman–Crippen MR) is 116 cm³/mol. The molecule has 2 aromatic carbocycles. The van der Waals surface area contributed by atoms with Crippen molar-refractivity contribution in [2.75, 3.05) is 17.2 Å². The average molecular weight is 353 g/mol. The summed E-state index contributed by atoms with van der Waals surface area (Å²) < 4.78 is 0. The summed E-state index contributed by atoms with van der Waals surface area (Å²) in [5.41, 5.74) is 2.41. The number of rotatable bonds is 14. The van der Waals surface area contributed by atoms with E-state index in [0.29, 0.717) is 6.04 Å². The van der Waals surface area contributed by atoms with E-state index < -0.39 is 0 Å². The maximum Gasteiger partial charge on any atom is 0.0434 e. The quantitative estimate of drug-likeness (QED) is 0.354. The Bertz CT molecular complexity index is 553. The molecule has 2 heteroatoms. The van der Waals surface area contributed by atoms with E-state index in [-0.39, 0.29) is 0 Å². The van der Waals surface area contributed by atoms with E-state index in [1.165, 1.54) is 69.2 Å². The summed E-state index contributed by atoms with van der Waals surface area (Å²) in [7, 11) is 0. The molecule has 26 heavy (non-hydrogen) atoms. The molecule has 0 aliphatic rings. The minimum atomic E-state index is 0.456. The van der Waals surface area contributed by atoms with Crippen molar-refractivity contribution in [1.82, 2.24) is 0 Å². The van der Waals surface area contributed by atoms with Gasteiger partial charge in [0, 0.05) is 24.0 Å². The number of unbranched alkanes of at least 4 members (excludes halogenated alkanes) is 7. The zero-order chi connectivity index (χ0) is 18.3. The molecule has 0 saturated carbocycles. The van der Waals surface area contributed by atoms with Crippen molar-refractivity contribution in [2.45, 2.75) is 70.8 Å². The summed E-state index contributed by atoms with van der Waals surface area (Å²) in [6, 6.07) is 21.5. The van der Waals surface area contributed by atoms with E-state index in [0.717, 1.165) is 6.54 Å². The summed E-state index contributed by atoms with van der Waals surface area (Å²) in [6.45, 7) is 3.23. The molecule has 2 nitrogen and oxygen atoms in total. The van der Waals surface area contributed by atoms with Crippen molar-refractivity contribution in [3.63, 3.8) is 0 Å². The lowest BCUT2D eigenvalue weighted by molar-refractivity contribution is 0.545. The Hall–Kier alpha value is -1.96. The van der Waals surface area contributed by atoms with E-state index in [4.69, 9.17) is 0 Å². The Morgan fingerprint density at radius 2 is 1.19 bits per heavy atom. The maximum absolute atomic E-state index is 3.71. The van der Waals surface area contributed by atoms with Crippen LogP contribution in [0.4, 0.5) is 11.4 Å². The summed E-state index contributed by atoms with van der Waals surface area (Å²) in [4.78, 5) is 0. The number of nitrogens with one attached hydrogen (secondary N) is 2. The molecule has 2 aromatic rings. The molecule has 0 amide bonds. The van der Waals surface area contributed by atoms with Crippen LogP contribution < -0.4 is 10.6 Å². The molecule has 0 heterocycles. The number of benzene rings is 2. The Morgan fingerprint density at radius 1 is 0.654 bits per heavy atom. The highest BCUT2D eigenvalue weighted by atomic mass is 15.0. The zero-order valence-electron chi connectivity index (χ0n) is 16.4. The first-order valence-electron chi connectivity index (χ1n) is 10.5. The Labute approximate surface area is 160 Å². The summed E-state index contributed by atoms with van der Waals surface area (Å²) in [6.07, 6.45) is 12.2. The lowest BCUT2D eigenvalue weighted by Gasteiger charge is -2.21. The van der Waals surface area contributed by atoms with Crippen molar-refractivity contribution in [1.29, 1.82) is 0 Å². The summed E-state index contributed by atoms with van der Waals surface area (Å²) in [5, 5.41) is 7.28. The van der Waals surface area contributed by atoms with E-state index in [1.807, 2.05) is 0 Å². The van der Waals surface area contributed by atoms with Gasteiger partial charge in [0.05, 0.1) is 0 Å². The fourth-order valence-corrected chi connectivity index (χ4v) is 3.32. The van der Waals surface area contributed by atoms with Gasteiger partial charge in [0.2, 0.25) is 0 Å². The number of para-hydroxylation sites is 2. The molecule has 1 atom stereocenters. The fourth-order valence-electron chi connectivity index (χ4n) is 3.32. The third-order valence-corrected chi connectivity index (χ3v) is 4.88. The molecule has 2 rings (SSSR count). The largest absolute Gasteiger partial charge is 0.383 e. The van der Waals surface area contributed by atoms with Gasteiger partial charge in [-0.15, -0.1) is 0 Å². The first-order chi connectivity index (χ1) is 12.9. The lowest BCUT2D eigenvalue weighted by atomic mass is 10.0. The van der Waals surface area contributed by atoms with Crippen molar-refractivity contribution in [3.8, 4) is 0 Å². The van der Waals surface area contributed by atoms with Gasteiger partial charge in [-0.05, 0) is 30.7 Å². The van der Waals surface area contributed by atoms with Gasteiger partial charge < -0.3 is 10.6 Å². The summed E-state index contributed by atoms with van der Waals surface area (Å²) in [5.74, 6) is 0. The number of anilines is 2. The normalized spacial score (nSPS) is 11.9. The molecule has 0 spiro atoms. The van der Waals surface area contributed by atoms with Crippen molar-refractivity contribution in [2.24, 2.45) is 0 Å². The predicted octanol–water partition coefficient (Wildman–Crippen LogP) is 7.11. The molecule has 142 valence electrons. The van der Waals surface area contributed by atoms with Crippen LogP contribution in [0.15, 0.2) is 60.7 Å². The van der Waals surface area contributed by atoms with Gasteiger partial charge in [0.25, 0.3) is 0 Å². The van der Waals surface area contributed by atoms with Gasteiger partial charge in [-0.1, -0.05) is 94.7 Å². The van der Waals surface area contributed by atoms with Gasteiger partial charge in [0.1, 0.15) is 0 Å². The van der Waals surface area contributed by atoms with E-state index >= 15 is 0 Å². The highest BCUT2D eigenvalue weighted by Gasteiger charge is 2.08. The van der Waals surface area contributed by atoms with E-state index in [2.05, 4.69) is 78.2 Å². The van der Waals surface area contributed by atoms with Crippen molar-refractivity contribution in [3.05, 3.63) is 60.7 Å². The SMILES string of the molecule is CCCCCCCCCCC(CNc1ccccc1)Nc1ccccc1. The molecule has 1 unspecified atom stereocenters. The minimum absolute atomic E-state index is 0.456. The van der Waals surface area contributed by atoms with Gasteiger partial charge in [-0.2, -0.15) is 0 Å². The Kier molecular flexibility index (Phi) is 10.4. The van der Waals surface area contributed by atoms with Crippen LogP contribution >= 0.6 is 0 Å². The smallest absolute Gasteiger partial charge is 0.0434 e. The molecule has 0 aromatic heterocycles. The monoisotopic (exact) mass is 352 g/mol. The molecule has 0 aliphatic carbocycles. The molecule has 2 N–H and O–H groups in total. The third kappa shape index (κ3) is 8.94. The average Bonchev–Trinajstić information content (AvgIpc) is 2.69. The van der Waals surface area contributed by atoms with Gasteiger partial charge >= 0.3 is 0 Å². The number of hydrogen-bond acceptors (Lipinski definition) is 2. The fraction of sp³-hybridized carbons (Fsp3) is 0.500. The van der Waals surface area contributed by atoms with Gasteiger partial charge in [-0.3, -0.25) is 0 Å². The van der Waals surface area contributed by atoms with E-state index in [1.54, 1.807) is 0 Å². The van der Waals surface area contributed by atoms with Crippen LogP contribution in [-0.4, -0.2) is 12.6 Å². The highest BCUT2D eigenvalue weighted by molar-refractivity contribution is 5.46. The number of hydrogen-bond donors (Lipinski definition) is 2. The molecule has 0 aliphatic heterocycles. The zero-order valence-corrected chi connectivity index (χ0v) is 16.4. The van der Waals surface area contributed by atoms with Crippen LogP contribution in [0.2, 0.25) is 0 Å². The molecular weight excluding hydrogens is 316 g/mol. The van der Waals surface area contributed by atoms with Crippen LogP contribution in [0.3, 0.4) is 0 Å². The lowest BCUT2D eigenvalue weighted by Crippen LogP contribution is -2.28. The molecule has 0 fully saturated rings. The maximum atomic E-state index is 3.71. The van der Waals surface area contributed by atoms with Crippen LogP contribution in [0.25, 0.3) is 0 Å². The first-order valence-corrected chi connectivity index (χ1v) is 10.5. The van der Waals surface area contributed by atoms with Crippen LogP contribution in [0.1, 0.15) is 64.7 Å². The first kappa shape index (κ1) is 20.4. The van der Waals surface area contributed by atoms with Crippen molar-refractivity contribution < 1.29 is 0 Å².